The quantitative estimate of drug-likeness (QED) is 0.819. The van der Waals surface area contributed by atoms with Crippen LogP contribution >= 0.6 is 0 Å². The van der Waals surface area contributed by atoms with Crippen LogP contribution in [0, 0.1) is 5.82 Å². The molecule has 4 heterocycles. The van der Waals surface area contributed by atoms with E-state index in [2.05, 4.69) is 20.2 Å². The van der Waals surface area contributed by atoms with Gasteiger partial charge in [-0.2, -0.15) is 0 Å². The maximum Gasteiger partial charge on any atom is 0.253 e. The van der Waals surface area contributed by atoms with Crippen molar-refractivity contribution in [2.45, 2.75) is 31.2 Å². The average Bonchev–Trinajstić information content (AvgIpc) is 3.23. The van der Waals surface area contributed by atoms with Crippen LogP contribution in [0.1, 0.15) is 41.2 Å². The maximum absolute atomic E-state index is 13.8. The number of amides is 1. The minimum atomic E-state index is -0.661. The molecule has 0 spiro atoms. The van der Waals surface area contributed by atoms with Gasteiger partial charge in [0.1, 0.15) is 0 Å². The number of pyridine rings is 1. The molecule has 0 saturated carbocycles. The Morgan fingerprint density at radius 3 is 2.90 bits per heavy atom. The van der Waals surface area contributed by atoms with Gasteiger partial charge in [-0.15, -0.1) is 0 Å². The Bertz CT molecular complexity index is 875. The Balaban J connectivity index is 1.38. The first-order chi connectivity index (χ1) is 14.1. The number of carbonyl (C=O) groups excluding carboxylic acids is 1. The van der Waals surface area contributed by atoms with Crippen molar-refractivity contribution < 1.29 is 18.7 Å². The first-order valence-electron chi connectivity index (χ1n) is 9.80. The summed E-state index contributed by atoms with van der Waals surface area (Å²) in [6, 6.07) is 3.04. The van der Waals surface area contributed by atoms with E-state index in [0.717, 1.165) is 50.8 Å². The van der Waals surface area contributed by atoms with Crippen molar-refractivity contribution in [3.05, 3.63) is 41.6 Å². The molecule has 1 unspecified atom stereocenters. The van der Waals surface area contributed by atoms with Crippen LogP contribution in [-0.2, 0) is 4.74 Å². The zero-order valence-corrected chi connectivity index (χ0v) is 16.3. The minimum absolute atomic E-state index is 0.0667. The van der Waals surface area contributed by atoms with Gasteiger partial charge in [0.05, 0.1) is 12.7 Å². The van der Waals surface area contributed by atoms with Gasteiger partial charge in [0.25, 0.3) is 5.91 Å². The normalized spacial score (nSPS) is 19.9. The Morgan fingerprint density at radius 1 is 1.31 bits per heavy atom. The number of aromatic nitrogens is 3. The molecule has 1 amide bonds. The van der Waals surface area contributed by atoms with E-state index in [1.807, 2.05) is 6.07 Å². The van der Waals surface area contributed by atoms with Crippen molar-refractivity contribution in [3.63, 3.8) is 0 Å². The fourth-order valence-corrected chi connectivity index (χ4v) is 3.76. The van der Waals surface area contributed by atoms with Gasteiger partial charge in [0.2, 0.25) is 11.8 Å². The standard InChI is InChI=1S/C20H24FN5O3/c1-28-19-16(21)10-14(11-23-19)18(27)24-15-3-7-26(12-15)20-22-6-2-17(25-20)13-4-8-29-9-5-13/h2,6,10-11,13,15H,3-5,7-9,12H2,1H3,(H,24,27). The molecular formula is C20H24FN5O3. The third-order valence-corrected chi connectivity index (χ3v) is 5.37. The van der Waals surface area contributed by atoms with E-state index in [9.17, 15) is 9.18 Å². The largest absolute Gasteiger partial charge is 0.479 e. The molecule has 0 aliphatic carbocycles. The monoisotopic (exact) mass is 401 g/mol. The highest BCUT2D eigenvalue weighted by molar-refractivity contribution is 5.94. The molecule has 1 atom stereocenters. The summed E-state index contributed by atoms with van der Waals surface area (Å²) >= 11 is 0. The lowest BCUT2D eigenvalue weighted by atomic mass is 9.96. The molecule has 29 heavy (non-hydrogen) atoms. The number of nitrogens with one attached hydrogen (secondary N) is 1. The average molecular weight is 401 g/mol. The lowest BCUT2D eigenvalue weighted by molar-refractivity contribution is 0.0845. The molecule has 0 aromatic carbocycles. The van der Waals surface area contributed by atoms with E-state index < -0.39 is 5.82 Å². The van der Waals surface area contributed by atoms with Gasteiger partial charge < -0.3 is 19.7 Å². The highest BCUT2D eigenvalue weighted by Gasteiger charge is 2.27. The van der Waals surface area contributed by atoms with Crippen LogP contribution in [0.3, 0.4) is 0 Å². The zero-order valence-electron chi connectivity index (χ0n) is 16.3. The number of anilines is 1. The smallest absolute Gasteiger partial charge is 0.253 e. The van der Waals surface area contributed by atoms with E-state index in [1.54, 1.807) is 6.20 Å². The Morgan fingerprint density at radius 2 is 2.14 bits per heavy atom. The lowest BCUT2D eigenvalue weighted by Crippen LogP contribution is -2.37. The number of hydrogen-bond donors (Lipinski definition) is 1. The molecule has 2 fully saturated rings. The van der Waals surface area contributed by atoms with Gasteiger partial charge in [-0.3, -0.25) is 4.79 Å². The lowest BCUT2D eigenvalue weighted by Gasteiger charge is -2.23. The topological polar surface area (TPSA) is 89.5 Å². The third kappa shape index (κ3) is 4.45. The minimum Gasteiger partial charge on any atom is -0.479 e. The number of ether oxygens (including phenoxy) is 2. The number of methoxy groups -OCH3 is 1. The molecule has 8 nitrogen and oxygen atoms in total. The van der Waals surface area contributed by atoms with E-state index in [-0.39, 0.29) is 23.4 Å². The molecule has 2 aliphatic heterocycles. The number of rotatable bonds is 5. The number of halogens is 1. The second-order valence-corrected chi connectivity index (χ2v) is 7.29. The van der Waals surface area contributed by atoms with Crippen molar-refractivity contribution in [2.75, 3.05) is 38.3 Å². The highest BCUT2D eigenvalue weighted by Crippen LogP contribution is 2.27. The van der Waals surface area contributed by atoms with E-state index in [4.69, 9.17) is 14.5 Å². The summed E-state index contributed by atoms with van der Waals surface area (Å²) in [5.41, 5.74) is 1.21. The second-order valence-electron chi connectivity index (χ2n) is 7.29. The summed E-state index contributed by atoms with van der Waals surface area (Å²) in [5, 5.41) is 2.94. The van der Waals surface area contributed by atoms with E-state index >= 15 is 0 Å². The summed E-state index contributed by atoms with van der Waals surface area (Å²) < 4.78 is 24.0. The molecule has 1 N–H and O–H groups in total. The molecule has 0 bridgehead atoms. The van der Waals surface area contributed by atoms with Crippen LogP contribution in [0.25, 0.3) is 0 Å². The van der Waals surface area contributed by atoms with Crippen molar-refractivity contribution in [3.8, 4) is 5.88 Å². The SMILES string of the molecule is COc1ncc(C(=O)NC2CCN(c3nccc(C4CCOCC4)n3)C2)cc1F. The summed E-state index contributed by atoms with van der Waals surface area (Å²) in [6.07, 6.45) is 5.82. The molecule has 9 heteroatoms. The van der Waals surface area contributed by atoms with Crippen LogP contribution in [0.15, 0.2) is 24.5 Å². The number of carbonyl (C=O) groups is 1. The molecule has 0 radical (unpaired) electrons. The molecule has 2 aliphatic rings. The first-order valence-corrected chi connectivity index (χ1v) is 9.80. The Labute approximate surface area is 168 Å². The van der Waals surface area contributed by atoms with Crippen molar-refractivity contribution in [1.82, 2.24) is 20.3 Å². The summed E-state index contributed by atoms with van der Waals surface area (Å²) in [7, 11) is 1.33. The van der Waals surface area contributed by atoms with Gasteiger partial charge in [-0.25, -0.2) is 19.3 Å². The molecule has 2 aromatic heterocycles. The van der Waals surface area contributed by atoms with Gasteiger partial charge in [-0.05, 0) is 31.4 Å². The fraction of sp³-hybridized carbons (Fsp3) is 0.500. The Kier molecular flexibility index (Phi) is 5.84. The molecular weight excluding hydrogens is 377 g/mol. The van der Waals surface area contributed by atoms with E-state index in [1.165, 1.54) is 13.3 Å². The van der Waals surface area contributed by atoms with Crippen LogP contribution in [-0.4, -0.2) is 60.3 Å². The second kappa shape index (κ2) is 8.69. The zero-order chi connectivity index (χ0) is 20.2. The van der Waals surface area contributed by atoms with Gasteiger partial charge >= 0.3 is 0 Å². The first kappa shape index (κ1) is 19.5. The summed E-state index contributed by atoms with van der Waals surface area (Å²) in [4.78, 5) is 27.5. The van der Waals surface area contributed by atoms with Crippen molar-refractivity contribution in [2.24, 2.45) is 0 Å². The van der Waals surface area contributed by atoms with Gasteiger partial charge in [0.15, 0.2) is 5.82 Å². The number of hydrogen-bond acceptors (Lipinski definition) is 7. The van der Waals surface area contributed by atoms with Gasteiger partial charge in [0, 0.05) is 56.4 Å². The van der Waals surface area contributed by atoms with E-state index in [0.29, 0.717) is 18.4 Å². The number of nitrogens with zero attached hydrogens (tertiary/aromatic N) is 4. The Hall–Kier alpha value is -2.81. The molecule has 2 aromatic rings. The van der Waals surface area contributed by atoms with Crippen LogP contribution < -0.4 is 15.0 Å². The maximum atomic E-state index is 13.8. The molecule has 154 valence electrons. The summed E-state index contributed by atoms with van der Waals surface area (Å²) in [6.45, 7) is 2.89. The molecule has 4 rings (SSSR count). The highest BCUT2D eigenvalue weighted by atomic mass is 19.1. The van der Waals surface area contributed by atoms with Crippen LogP contribution in [0.2, 0.25) is 0 Å². The van der Waals surface area contributed by atoms with Crippen molar-refractivity contribution >= 4 is 11.9 Å². The van der Waals surface area contributed by atoms with Crippen LogP contribution in [0.4, 0.5) is 10.3 Å². The van der Waals surface area contributed by atoms with Gasteiger partial charge in [-0.1, -0.05) is 0 Å². The third-order valence-electron chi connectivity index (χ3n) is 5.37. The predicted molar refractivity (Wildman–Crippen MR) is 104 cm³/mol. The van der Waals surface area contributed by atoms with Crippen LogP contribution in [0.5, 0.6) is 5.88 Å². The van der Waals surface area contributed by atoms with Crippen molar-refractivity contribution in [1.29, 1.82) is 0 Å². The molecule has 2 saturated heterocycles. The predicted octanol–water partition coefficient (Wildman–Crippen LogP) is 1.92. The fourth-order valence-electron chi connectivity index (χ4n) is 3.76. The summed E-state index contributed by atoms with van der Waals surface area (Å²) in [5.74, 6) is -0.0616.